The van der Waals surface area contributed by atoms with E-state index in [0.29, 0.717) is 0 Å². The fraction of sp³-hybridized carbons (Fsp3) is 0.700. The van der Waals surface area contributed by atoms with Gasteiger partial charge in [0.15, 0.2) is 0 Å². The van der Waals surface area contributed by atoms with Gasteiger partial charge in [-0.25, -0.2) is 0 Å². The summed E-state index contributed by atoms with van der Waals surface area (Å²) in [5.74, 6) is 0. The minimum atomic E-state index is -4.32. The standard InChI is InChI=1S/C10H14F3N3/c1-16-9(8-4-2-3-5-14-8)7(6-15-16)10(11,12)13/h6,8,14H,2-5H2,1H3. The summed E-state index contributed by atoms with van der Waals surface area (Å²) in [4.78, 5) is 0. The molecule has 1 aromatic heterocycles. The lowest BCUT2D eigenvalue weighted by atomic mass is 9.99. The summed E-state index contributed by atoms with van der Waals surface area (Å²) in [7, 11) is 1.56. The molecule has 0 aliphatic carbocycles. The molecular formula is C10H14F3N3. The first kappa shape index (κ1) is 11.4. The largest absolute Gasteiger partial charge is 0.419 e. The maximum absolute atomic E-state index is 12.7. The molecule has 0 aromatic carbocycles. The van der Waals surface area contributed by atoms with Gasteiger partial charge in [0.05, 0.1) is 17.5 Å². The van der Waals surface area contributed by atoms with Gasteiger partial charge in [-0.05, 0) is 19.4 Å². The molecule has 0 radical (unpaired) electrons. The molecule has 3 nitrogen and oxygen atoms in total. The fourth-order valence-electron chi connectivity index (χ4n) is 2.16. The van der Waals surface area contributed by atoms with Crippen molar-refractivity contribution >= 4 is 0 Å². The third kappa shape index (κ3) is 2.07. The second-order valence-corrected chi connectivity index (χ2v) is 4.07. The van der Waals surface area contributed by atoms with Crippen molar-refractivity contribution in [1.82, 2.24) is 15.1 Å². The number of rotatable bonds is 1. The average Bonchev–Trinajstić information content (AvgIpc) is 2.61. The molecule has 2 rings (SSSR count). The number of aryl methyl sites for hydroxylation is 1. The van der Waals surface area contributed by atoms with Crippen LogP contribution in [-0.2, 0) is 13.2 Å². The molecule has 0 amide bonds. The predicted molar refractivity (Wildman–Crippen MR) is 52.8 cm³/mol. The molecule has 1 aliphatic heterocycles. The van der Waals surface area contributed by atoms with Crippen molar-refractivity contribution in [2.24, 2.45) is 7.05 Å². The van der Waals surface area contributed by atoms with E-state index in [2.05, 4.69) is 10.4 Å². The van der Waals surface area contributed by atoms with Crippen LogP contribution in [0.2, 0.25) is 0 Å². The molecule has 0 spiro atoms. The highest BCUT2D eigenvalue weighted by Gasteiger charge is 2.38. The van der Waals surface area contributed by atoms with Crippen LogP contribution in [0.25, 0.3) is 0 Å². The Kier molecular flexibility index (Phi) is 2.92. The Morgan fingerprint density at radius 3 is 2.75 bits per heavy atom. The van der Waals surface area contributed by atoms with Gasteiger partial charge in [0.1, 0.15) is 0 Å². The molecule has 1 atom stereocenters. The van der Waals surface area contributed by atoms with E-state index in [0.717, 1.165) is 32.0 Å². The van der Waals surface area contributed by atoms with E-state index in [1.807, 2.05) is 0 Å². The van der Waals surface area contributed by atoms with Crippen LogP contribution < -0.4 is 5.32 Å². The Bertz CT molecular complexity index is 364. The van der Waals surface area contributed by atoms with E-state index in [-0.39, 0.29) is 11.7 Å². The number of hydrogen-bond acceptors (Lipinski definition) is 2. The van der Waals surface area contributed by atoms with Gasteiger partial charge in [-0.1, -0.05) is 6.42 Å². The fourth-order valence-corrected chi connectivity index (χ4v) is 2.16. The van der Waals surface area contributed by atoms with Crippen LogP contribution in [0.4, 0.5) is 13.2 Å². The second kappa shape index (κ2) is 4.08. The van der Waals surface area contributed by atoms with Crippen molar-refractivity contribution in [1.29, 1.82) is 0 Å². The van der Waals surface area contributed by atoms with Crippen LogP contribution >= 0.6 is 0 Å². The number of halogens is 3. The Labute approximate surface area is 91.6 Å². The number of piperidine rings is 1. The van der Waals surface area contributed by atoms with Gasteiger partial charge in [-0.2, -0.15) is 18.3 Å². The first-order valence-corrected chi connectivity index (χ1v) is 5.32. The van der Waals surface area contributed by atoms with Crippen LogP contribution in [0.15, 0.2) is 6.20 Å². The summed E-state index contributed by atoms with van der Waals surface area (Å²) >= 11 is 0. The van der Waals surface area contributed by atoms with Crippen LogP contribution in [0.5, 0.6) is 0 Å². The van der Waals surface area contributed by atoms with Crippen LogP contribution in [-0.4, -0.2) is 16.3 Å². The average molecular weight is 233 g/mol. The Morgan fingerprint density at radius 2 is 2.19 bits per heavy atom. The van der Waals surface area contributed by atoms with Gasteiger partial charge in [0, 0.05) is 13.1 Å². The minimum Gasteiger partial charge on any atom is -0.309 e. The maximum atomic E-state index is 12.7. The van der Waals surface area contributed by atoms with Gasteiger partial charge >= 0.3 is 6.18 Å². The molecule has 1 N–H and O–H groups in total. The molecule has 1 saturated heterocycles. The van der Waals surface area contributed by atoms with Crippen molar-refractivity contribution in [2.45, 2.75) is 31.5 Å². The third-order valence-electron chi connectivity index (χ3n) is 2.93. The van der Waals surface area contributed by atoms with E-state index in [1.165, 1.54) is 4.68 Å². The zero-order valence-electron chi connectivity index (χ0n) is 9.01. The highest BCUT2D eigenvalue weighted by atomic mass is 19.4. The lowest BCUT2D eigenvalue weighted by Gasteiger charge is -2.25. The van der Waals surface area contributed by atoms with Crippen molar-refractivity contribution in [3.05, 3.63) is 17.5 Å². The van der Waals surface area contributed by atoms with Gasteiger partial charge in [0.2, 0.25) is 0 Å². The lowest BCUT2D eigenvalue weighted by molar-refractivity contribution is -0.138. The van der Waals surface area contributed by atoms with E-state index in [9.17, 15) is 13.2 Å². The Hall–Kier alpha value is -1.04. The van der Waals surface area contributed by atoms with Gasteiger partial charge < -0.3 is 5.32 Å². The molecule has 1 aromatic rings. The van der Waals surface area contributed by atoms with Gasteiger partial charge in [-0.15, -0.1) is 0 Å². The topological polar surface area (TPSA) is 29.9 Å². The van der Waals surface area contributed by atoms with Crippen LogP contribution in [0.3, 0.4) is 0 Å². The van der Waals surface area contributed by atoms with E-state index in [4.69, 9.17) is 0 Å². The monoisotopic (exact) mass is 233 g/mol. The van der Waals surface area contributed by atoms with E-state index >= 15 is 0 Å². The lowest BCUT2D eigenvalue weighted by Crippen LogP contribution is -2.30. The number of hydrogen-bond donors (Lipinski definition) is 1. The molecule has 0 bridgehead atoms. The summed E-state index contributed by atoms with van der Waals surface area (Å²) in [6, 6.07) is -0.224. The zero-order chi connectivity index (χ0) is 11.8. The third-order valence-corrected chi connectivity index (χ3v) is 2.93. The summed E-state index contributed by atoms with van der Waals surface area (Å²) < 4.78 is 39.5. The maximum Gasteiger partial charge on any atom is 0.419 e. The predicted octanol–water partition coefficient (Wildman–Crippen LogP) is 2.25. The molecule has 6 heteroatoms. The zero-order valence-corrected chi connectivity index (χ0v) is 9.01. The van der Waals surface area contributed by atoms with Crippen LogP contribution in [0, 0.1) is 0 Å². The number of aromatic nitrogens is 2. The first-order chi connectivity index (χ1) is 7.50. The second-order valence-electron chi connectivity index (χ2n) is 4.07. The van der Waals surface area contributed by atoms with Gasteiger partial charge in [0.25, 0.3) is 0 Å². The molecule has 90 valence electrons. The van der Waals surface area contributed by atoms with Crippen LogP contribution in [0.1, 0.15) is 36.6 Å². The SMILES string of the molecule is Cn1ncc(C(F)(F)F)c1C1CCCCN1. The van der Waals surface area contributed by atoms with Crippen molar-refractivity contribution in [3.63, 3.8) is 0 Å². The molecule has 0 saturated carbocycles. The molecule has 16 heavy (non-hydrogen) atoms. The first-order valence-electron chi connectivity index (χ1n) is 5.32. The molecule has 1 fully saturated rings. The molecule has 2 heterocycles. The smallest absolute Gasteiger partial charge is 0.309 e. The normalized spacial score (nSPS) is 22.4. The quantitative estimate of drug-likeness (QED) is 0.806. The minimum absolute atomic E-state index is 0.224. The Morgan fingerprint density at radius 1 is 1.44 bits per heavy atom. The Balaban J connectivity index is 2.34. The highest BCUT2D eigenvalue weighted by Crippen LogP contribution is 2.36. The summed E-state index contributed by atoms with van der Waals surface area (Å²) in [6.07, 6.45) is -0.688. The summed E-state index contributed by atoms with van der Waals surface area (Å²) in [6.45, 7) is 0.771. The number of alkyl halides is 3. The molecule has 1 aliphatic rings. The van der Waals surface area contributed by atoms with E-state index < -0.39 is 11.7 Å². The van der Waals surface area contributed by atoms with Crippen molar-refractivity contribution < 1.29 is 13.2 Å². The van der Waals surface area contributed by atoms with Gasteiger partial charge in [-0.3, -0.25) is 4.68 Å². The van der Waals surface area contributed by atoms with Crippen molar-refractivity contribution in [3.8, 4) is 0 Å². The summed E-state index contributed by atoms with van der Waals surface area (Å²) in [5, 5.41) is 6.83. The van der Waals surface area contributed by atoms with Crippen molar-refractivity contribution in [2.75, 3.05) is 6.54 Å². The number of nitrogens with one attached hydrogen (secondary N) is 1. The highest BCUT2D eigenvalue weighted by molar-refractivity contribution is 5.24. The van der Waals surface area contributed by atoms with E-state index in [1.54, 1.807) is 7.05 Å². The summed E-state index contributed by atoms with van der Waals surface area (Å²) in [5.41, 5.74) is -0.360. The molecule has 1 unspecified atom stereocenters. The molecular weight excluding hydrogens is 219 g/mol. The number of nitrogens with zero attached hydrogens (tertiary/aromatic N) is 2.